The molecule has 6 heteroatoms. The predicted molar refractivity (Wildman–Crippen MR) is 90.7 cm³/mol. The molecule has 132 valence electrons. The van der Waals surface area contributed by atoms with Gasteiger partial charge in [-0.25, -0.2) is 0 Å². The molecule has 0 unspecified atom stereocenters. The lowest BCUT2D eigenvalue weighted by atomic mass is 9.78. The van der Waals surface area contributed by atoms with E-state index in [0.29, 0.717) is 25.4 Å². The van der Waals surface area contributed by atoms with E-state index in [0.717, 1.165) is 38.8 Å². The first-order valence-corrected chi connectivity index (χ1v) is 8.76. The average molecular weight is 333 g/mol. The fraction of sp³-hybridized carbons (Fsp3) is 0.667. The van der Waals surface area contributed by atoms with Crippen LogP contribution in [0.25, 0.3) is 0 Å². The van der Waals surface area contributed by atoms with Crippen LogP contribution in [0.4, 0.5) is 0 Å². The maximum Gasteiger partial charge on any atom is 0.270 e. The van der Waals surface area contributed by atoms with Gasteiger partial charge in [0.2, 0.25) is 5.91 Å². The number of ether oxygens (including phenoxy) is 1. The van der Waals surface area contributed by atoms with Gasteiger partial charge in [-0.2, -0.15) is 0 Å². The number of amides is 2. The highest BCUT2D eigenvalue weighted by molar-refractivity contribution is 5.94. The average Bonchev–Trinajstić information content (AvgIpc) is 3.19. The molecule has 0 saturated carbocycles. The first-order valence-electron chi connectivity index (χ1n) is 8.76. The smallest absolute Gasteiger partial charge is 0.270 e. The Labute approximate surface area is 143 Å². The van der Waals surface area contributed by atoms with Gasteiger partial charge in [-0.1, -0.05) is 0 Å². The fourth-order valence-corrected chi connectivity index (χ4v) is 4.03. The van der Waals surface area contributed by atoms with Gasteiger partial charge >= 0.3 is 0 Å². The van der Waals surface area contributed by atoms with Crippen molar-refractivity contribution in [1.82, 2.24) is 14.4 Å². The molecule has 1 spiro atoms. The highest BCUT2D eigenvalue weighted by Crippen LogP contribution is 2.40. The van der Waals surface area contributed by atoms with Crippen LogP contribution >= 0.6 is 0 Å². The Morgan fingerprint density at radius 3 is 2.88 bits per heavy atom. The first kappa shape index (κ1) is 17.0. The molecule has 2 saturated heterocycles. The summed E-state index contributed by atoms with van der Waals surface area (Å²) in [4.78, 5) is 29.5. The normalized spacial score (nSPS) is 24.2. The molecule has 0 aliphatic carbocycles. The van der Waals surface area contributed by atoms with E-state index in [1.165, 1.54) is 0 Å². The maximum absolute atomic E-state index is 13.0. The standard InChI is InChI=1S/C18H27N3O3/c1-19-9-3-6-15(19)16(22)21-12-8-18(14-21)7-4-10-20(17(18)23)11-5-13-24-2/h3,6,9H,4-5,7-8,10-14H2,1-2H3/t18-/m0/s1. The quantitative estimate of drug-likeness (QED) is 0.768. The van der Waals surface area contributed by atoms with Crippen LogP contribution in [0.15, 0.2) is 18.3 Å². The van der Waals surface area contributed by atoms with E-state index in [1.807, 2.05) is 39.7 Å². The number of carbonyl (C=O) groups is 2. The molecule has 2 fully saturated rings. The van der Waals surface area contributed by atoms with Gasteiger partial charge in [0, 0.05) is 53.1 Å². The Morgan fingerprint density at radius 2 is 2.17 bits per heavy atom. The number of carbonyl (C=O) groups excluding carboxylic acids is 2. The Hall–Kier alpha value is -1.82. The van der Waals surface area contributed by atoms with Crippen molar-refractivity contribution in [3.8, 4) is 0 Å². The molecule has 0 radical (unpaired) electrons. The van der Waals surface area contributed by atoms with Gasteiger partial charge in [0.25, 0.3) is 5.91 Å². The zero-order valence-electron chi connectivity index (χ0n) is 14.7. The Kier molecular flexibility index (Phi) is 4.94. The lowest BCUT2D eigenvalue weighted by molar-refractivity contribution is -0.145. The minimum Gasteiger partial charge on any atom is -0.385 e. The molecule has 2 aliphatic heterocycles. The molecule has 24 heavy (non-hydrogen) atoms. The van der Waals surface area contributed by atoms with E-state index in [9.17, 15) is 9.59 Å². The van der Waals surface area contributed by atoms with Gasteiger partial charge in [0.05, 0.1) is 5.41 Å². The summed E-state index contributed by atoms with van der Waals surface area (Å²) >= 11 is 0. The molecule has 2 aliphatic rings. The molecule has 0 bridgehead atoms. The minimum absolute atomic E-state index is 0.0312. The molecule has 6 nitrogen and oxygen atoms in total. The van der Waals surface area contributed by atoms with Gasteiger partial charge in [-0.15, -0.1) is 0 Å². The van der Waals surface area contributed by atoms with Crippen molar-refractivity contribution in [2.24, 2.45) is 12.5 Å². The van der Waals surface area contributed by atoms with Crippen molar-refractivity contribution in [3.63, 3.8) is 0 Å². The number of nitrogens with zero attached hydrogens (tertiary/aromatic N) is 3. The van der Waals surface area contributed by atoms with Gasteiger partial charge in [0.15, 0.2) is 0 Å². The zero-order chi connectivity index (χ0) is 17.2. The number of piperidine rings is 1. The number of hydrogen-bond acceptors (Lipinski definition) is 3. The van der Waals surface area contributed by atoms with Crippen LogP contribution in [0.5, 0.6) is 0 Å². The Morgan fingerprint density at radius 1 is 1.33 bits per heavy atom. The topological polar surface area (TPSA) is 54.8 Å². The van der Waals surface area contributed by atoms with E-state index in [1.54, 1.807) is 7.11 Å². The minimum atomic E-state index is -0.369. The summed E-state index contributed by atoms with van der Waals surface area (Å²) in [5, 5.41) is 0. The zero-order valence-corrected chi connectivity index (χ0v) is 14.7. The third-order valence-electron chi connectivity index (χ3n) is 5.40. The van der Waals surface area contributed by atoms with Crippen molar-refractivity contribution in [1.29, 1.82) is 0 Å². The summed E-state index contributed by atoms with van der Waals surface area (Å²) in [7, 11) is 3.56. The number of likely N-dealkylation sites (tertiary alicyclic amines) is 2. The second-order valence-electron chi connectivity index (χ2n) is 7.00. The summed E-state index contributed by atoms with van der Waals surface area (Å²) < 4.78 is 6.93. The lowest BCUT2D eigenvalue weighted by Crippen LogP contribution is -2.50. The number of methoxy groups -OCH3 is 1. The Bertz CT molecular complexity index is 612. The van der Waals surface area contributed by atoms with E-state index >= 15 is 0 Å². The van der Waals surface area contributed by atoms with Crippen LogP contribution in [-0.4, -0.2) is 66.1 Å². The lowest BCUT2D eigenvalue weighted by Gasteiger charge is -2.39. The third-order valence-corrected chi connectivity index (χ3v) is 5.40. The van der Waals surface area contributed by atoms with Crippen molar-refractivity contribution in [2.75, 3.05) is 39.9 Å². The SMILES string of the molecule is COCCCN1CCC[C@@]2(CCN(C(=O)c3cccn3C)C2)C1=O. The van der Waals surface area contributed by atoms with E-state index in [-0.39, 0.29) is 17.2 Å². The predicted octanol–water partition coefficient (Wildman–Crippen LogP) is 1.52. The molecule has 1 atom stereocenters. The molecule has 2 amide bonds. The largest absolute Gasteiger partial charge is 0.385 e. The first-order chi connectivity index (χ1) is 11.6. The summed E-state index contributed by atoms with van der Waals surface area (Å²) in [6.07, 6.45) is 5.43. The number of aryl methyl sites for hydroxylation is 1. The number of aromatic nitrogens is 1. The highest BCUT2D eigenvalue weighted by Gasteiger charge is 2.49. The van der Waals surface area contributed by atoms with Gasteiger partial charge in [-0.3, -0.25) is 9.59 Å². The molecule has 3 heterocycles. The van der Waals surface area contributed by atoms with Gasteiger partial charge < -0.3 is 19.1 Å². The summed E-state index contributed by atoms with van der Waals surface area (Å²) in [5.74, 6) is 0.260. The fourth-order valence-electron chi connectivity index (χ4n) is 4.03. The molecule has 0 aromatic carbocycles. The van der Waals surface area contributed by atoms with Crippen molar-refractivity contribution in [3.05, 3.63) is 24.0 Å². The monoisotopic (exact) mass is 333 g/mol. The van der Waals surface area contributed by atoms with Crippen molar-refractivity contribution >= 4 is 11.8 Å². The summed E-state index contributed by atoms with van der Waals surface area (Å²) in [6, 6.07) is 3.72. The third kappa shape index (κ3) is 3.07. The highest BCUT2D eigenvalue weighted by atomic mass is 16.5. The van der Waals surface area contributed by atoms with Crippen molar-refractivity contribution in [2.45, 2.75) is 25.7 Å². The number of rotatable bonds is 5. The van der Waals surface area contributed by atoms with E-state index < -0.39 is 0 Å². The Balaban J connectivity index is 1.67. The maximum atomic E-state index is 13.0. The van der Waals surface area contributed by atoms with E-state index in [4.69, 9.17) is 4.74 Å². The second-order valence-corrected chi connectivity index (χ2v) is 7.00. The molecular formula is C18H27N3O3. The molecular weight excluding hydrogens is 306 g/mol. The second kappa shape index (κ2) is 6.97. The van der Waals surface area contributed by atoms with Crippen molar-refractivity contribution < 1.29 is 14.3 Å². The summed E-state index contributed by atoms with van der Waals surface area (Å²) in [5.41, 5.74) is 0.318. The summed E-state index contributed by atoms with van der Waals surface area (Å²) in [6.45, 7) is 3.48. The van der Waals surface area contributed by atoms with Crippen LogP contribution in [0.2, 0.25) is 0 Å². The number of hydrogen-bond donors (Lipinski definition) is 0. The van der Waals surface area contributed by atoms with Crippen LogP contribution in [0.3, 0.4) is 0 Å². The molecule has 1 aromatic heterocycles. The van der Waals surface area contributed by atoms with Gasteiger partial charge in [-0.05, 0) is 37.8 Å². The van der Waals surface area contributed by atoms with Gasteiger partial charge in [0.1, 0.15) is 5.69 Å². The molecule has 1 aromatic rings. The van der Waals surface area contributed by atoms with Crippen LogP contribution in [0, 0.1) is 5.41 Å². The molecule has 0 N–H and O–H groups in total. The van der Waals surface area contributed by atoms with Crippen LogP contribution in [-0.2, 0) is 16.6 Å². The molecule has 3 rings (SSSR count). The van der Waals surface area contributed by atoms with E-state index in [2.05, 4.69) is 0 Å². The van der Waals surface area contributed by atoms with Crippen LogP contribution < -0.4 is 0 Å². The van der Waals surface area contributed by atoms with Crippen LogP contribution in [0.1, 0.15) is 36.2 Å².